The Morgan fingerprint density at radius 1 is 1.39 bits per heavy atom. The number of nitrogens with zero attached hydrogens (tertiary/aromatic N) is 1. The minimum Gasteiger partial charge on any atom is -0.340 e. The molecule has 23 heavy (non-hydrogen) atoms. The average Bonchev–Trinajstić information content (AvgIpc) is 2.54. The van der Waals surface area contributed by atoms with Crippen LogP contribution in [0.15, 0.2) is 24.3 Å². The van der Waals surface area contributed by atoms with Crippen molar-refractivity contribution in [3.8, 4) is 0 Å². The van der Waals surface area contributed by atoms with Crippen molar-refractivity contribution in [2.75, 3.05) is 24.2 Å². The lowest BCUT2D eigenvalue weighted by Crippen LogP contribution is -2.48. The van der Waals surface area contributed by atoms with Crippen LogP contribution in [0.3, 0.4) is 0 Å². The van der Waals surface area contributed by atoms with Crippen molar-refractivity contribution in [1.82, 2.24) is 4.90 Å². The summed E-state index contributed by atoms with van der Waals surface area (Å²) in [7, 11) is 0. The van der Waals surface area contributed by atoms with Crippen LogP contribution in [0.5, 0.6) is 0 Å². The number of benzene rings is 1. The largest absolute Gasteiger partial charge is 0.340 e. The monoisotopic (exact) mass is 335 g/mol. The lowest BCUT2D eigenvalue weighted by molar-refractivity contribution is -0.131. The van der Waals surface area contributed by atoms with Crippen LogP contribution >= 0.6 is 11.8 Å². The van der Waals surface area contributed by atoms with Gasteiger partial charge in [-0.3, -0.25) is 9.59 Å². The van der Waals surface area contributed by atoms with E-state index in [0.29, 0.717) is 6.54 Å². The smallest absolute Gasteiger partial charge is 0.235 e. The van der Waals surface area contributed by atoms with Crippen molar-refractivity contribution in [3.05, 3.63) is 29.8 Å². The molecular weight excluding hydrogens is 310 g/mol. The molecule has 0 bridgehead atoms. The van der Waals surface area contributed by atoms with Gasteiger partial charge in [-0.1, -0.05) is 17.7 Å². The highest BCUT2D eigenvalue weighted by Gasteiger charge is 2.25. The molecule has 0 saturated carbocycles. The summed E-state index contributed by atoms with van der Waals surface area (Å²) in [4.78, 5) is 26.2. The fourth-order valence-electron chi connectivity index (χ4n) is 2.57. The first kappa shape index (κ1) is 17.8. The molecule has 126 valence electrons. The molecule has 1 aliphatic heterocycles. The molecule has 2 unspecified atom stereocenters. The first-order chi connectivity index (χ1) is 11.0. The number of hydrogen-bond acceptors (Lipinski definition) is 4. The van der Waals surface area contributed by atoms with Gasteiger partial charge < -0.3 is 16.0 Å². The Balaban J connectivity index is 1.76. The number of carbonyl (C=O) groups excluding carboxylic acids is 2. The second-order valence-corrected chi connectivity index (χ2v) is 7.38. The molecule has 3 N–H and O–H groups in total. The molecule has 1 aliphatic rings. The Bertz CT molecular complexity index is 547. The zero-order valence-corrected chi connectivity index (χ0v) is 14.6. The number of amides is 2. The van der Waals surface area contributed by atoms with Crippen molar-refractivity contribution in [3.63, 3.8) is 0 Å². The zero-order chi connectivity index (χ0) is 16.8. The van der Waals surface area contributed by atoms with Crippen molar-refractivity contribution in [2.24, 2.45) is 5.73 Å². The topological polar surface area (TPSA) is 75.4 Å². The number of nitrogens with two attached hydrogens (primary N) is 1. The summed E-state index contributed by atoms with van der Waals surface area (Å²) >= 11 is 1.37. The van der Waals surface area contributed by atoms with Crippen LogP contribution in [0.1, 0.15) is 25.3 Å². The van der Waals surface area contributed by atoms with Gasteiger partial charge >= 0.3 is 0 Å². The van der Waals surface area contributed by atoms with Gasteiger partial charge in [-0.05, 0) is 38.8 Å². The van der Waals surface area contributed by atoms with Gasteiger partial charge in [0.25, 0.3) is 0 Å². The first-order valence-corrected chi connectivity index (χ1v) is 9.03. The predicted octanol–water partition coefficient (Wildman–Crippen LogP) is 2.00. The lowest BCUT2D eigenvalue weighted by Gasteiger charge is -2.32. The van der Waals surface area contributed by atoms with Crippen LogP contribution in [-0.4, -0.2) is 46.8 Å². The number of piperidine rings is 1. The van der Waals surface area contributed by atoms with Gasteiger partial charge in [-0.2, -0.15) is 0 Å². The van der Waals surface area contributed by atoms with Crippen molar-refractivity contribution < 1.29 is 9.59 Å². The normalized spacial score (nSPS) is 19.3. The maximum atomic E-state index is 12.4. The summed E-state index contributed by atoms with van der Waals surface area (Å²) in [5.41, 5.74) is 7.85. The molecule has 1 fully saturated rings. The summed E-state index contributed by atoms with van der Waals surface area (Å²) in [6.45, 7) is 5.25. The zero-order valence-electron chi connectivity index (χ0n) is 13.7. The Hall–Kier alpha value is -1.53. The van der Waals surface area contributed by atoms with Crippen LogP contribution in [0.4, 0.5) is 5.69 Å². The van der Waals surface area contributed by atoms with Crippen LogP contribution in [0.25, 0.3) is 0 Å². The molecular formula is C17H25N3O2S. The molecule has 6 heteroatoms. The molecule has 0 spiro atoms. The quantitative estimate of drug-likeness (QED) is 0.863. The van der Waals surface area contributed by atoms with E-state index in [1.807, 2.05) is 43.0 Å². The van der Waals surface area contributed by atoms with Gasteiger partial charge in [0.05, 0.1) is 11.0 Å². The number of anilines is 1. The molecule has 2 amide bonds. The van der Waals surface area contributed by atoms with E-state index in [2.05, 4.69) is 5.32 Å². The molecule has 1 heterocycles. The van der Waals surface area contributed by atoms with E-state index < -0.39 is 0 Å². The number of carbonyl (C=O) groups is 2. The van der Waals surface area contributed by atoms with Crippen LogP contribution < -0.4 is 11.1 Å². The molecule has 1 saturated heterocycles. The third-order valence-corrected chi connectivity index (χ3v) is 5.05. The molecule has 2 atom stereocenters. The SMILES string of the molecule is Cc1ccc(NC(=O)CSC(C)C(=O)N2CCCC(N)C2)cc1. The molecule has 0 aromatic heterocycles. The van der Waals surface area contributed by atoms with E-state index in [1.54, 1.807) is 0 Å². The molecule has 0 radical (unpaired) electrons. The highest BCUT2D eigenvalue weighted by Crippen LogP contribution is 2.17. The van der Waals surface area contributed by atoms with Gasteiger partial charge in [0, 0.05) is 24.8 Å². The predicted molar refractivity (Wildman–Crippen MR) is 95.5 cm³/mol. The first-order valence-electron chi connectivity index (χ1n) is 7.98. The van der Waals surface area contributed by atoms with E-state index in [4.69, 9.17) is 5.73 Å². The third kappa shape index (κ3) is 5.55. The number of aryl methyl sites for hydroxylation is 1. The Kier molecular flexibility index (Phi) is 6.47. The van der Waals surface area contributed by atoms with Crippen LogP contribution in [-0.2, 0) is 9.59 Å². The van der Waals surface area contributed by atoms with Crippen LogP contribution in [0, 0.1) is 6.92 Å². The fourth-order valence-corrected chi connectivity index (χ4v) is 3.34. The Morgan fingerprint density at radius 3 is 2.74 bits per heavy atom. The summed E-state index contributed by atoms with van der Waals surface area (Å²) in [5, 5.41) is 2.61. The molecule has 0 aliphatic carbocycles. The van der Waals surface area contributed by atoms with E-state index in [1.165, 1.54) is 11.8 Å². The Morgan fingerprint density at radius 2 is 2.09 bits per heavy atom. The number of rotatable bonds is 5. The summed E-state index contributed by atoms with van der Waals surface area (Å²) < 4.78 is 0. The number of hydrogen-bond donors (Lipinski definition) is 2. The molecule has 2 rings (SSSR count). The van der Waals surface area contributed by atoms with Crippen LogP contribution in [0.2, 0.25) is 0 Å². The van der Waals surface area contributed by atoms with E-state index >= 15 is 0 Å². The van der Waals surface area contributed by atoms with Gasteiger partial charge in [-0.25, -0.2) is 0 Å². The van der Waals surface area contributed by atoms with Gasteiger partial charge in [0.15, 0.2) is 0 Å². The number of likely N-dealkylation sites (tertiary alicyclic amines) is 1. The summed E-state index contributed by atoms with van der Waals surface area (Å²) in [5.74, 6) is 0.253. The fraction of sp³-hybridized carbons (Fsp3) is 0.529. The maximum Gasteiger partial charge on any atom is 0.235 e. The van der Waals surface area contributed by atoms with Crippen molar-refractivity contribution in [2.45, 2.75) is 38.0 Å². The second kappa shape index (κ2) is 8.36. The number of thioether (sulfide) groups is 1. The van der Waals surface area contributed by atoms with Gasteiger partial charge in [0.1, 0.15) is 0 Å². The minimum atomic E-state index is -0.232. The van der Waals surface area contributed by atoms with E-state index in [-0.39, 0.29) is 28.9 Å². The molecule has 1 aromatic rings. The summed E-state index contributed by atoms with van der Waals surface area (Å²) in [6.07, 6.45) is 1.93. The highest BCUT2D eigenvalue weighted by molar-refractivity contribution is 8.01. The standard InChI is InChI=1S/C17H25N3O2S/c1-12-5-7-15(8-6-12)19-16(21)11-23-13(2)17(22)20-9-3-4-14(18)10-20/h5-8,13-14H,3-4,9-11,18H2,1-2H3,(H,19,21). The maximum absolute atomic E-state index is 12.4. The van der Waals surface area contributed by atoms with Gasteiger partial charge in [0.2, 0.25) is 11.8 Å². The summed E-state index contributed by atoms with van der Waals surface area (Å²) in [6, 6.07) is 7.74. The second-order valence-electron chi connectivity index (χ2n) is 6.05. The highest BCUT2D eigenvalue weighted by atomic mass is 32.2. The van der Waals surface area contributed by atoms with E-state index in [0.717, 1.165) is 30.6 Å². The third-order valence-electron chi connectivity index (χ3n) is 3.92. The molecule has 5 nitrogen and oxygen atoms in total. The lowest BCUT2D eigenvalue weighted by atomic mass is 10.1. The Labute approximate surface area is 142 Å². The van der Waals surface area contributed by atoms with Gasteiger partial charge in [-0.15, -0.1) is 11.8 Å². The van der Waals surface area contributed by atoms with Crippen molar-refractivity contribution >= 4 is 29.3 Å². The average molecular weight is 335 g/mol. The minimum absolute atomic E-state index is 0.0771. The number of nitrogens with one attached hydrogen (secondary N) is 1. The van der Waals surface area contributed by atoms with Crippen molar-refractivity contribution in [1.29, 1.82) is 0 Å². The molecule has 1 aromatic carbocycles. The van der Waals surface area contributed by atoms with E-state index in [9.17, 15) is 9.59 Å².